The number of carboxylic acid groups (broad SMARTS) is 1. The van der Waals surface area contributed by atoms with Gasteiger partial charge in [0, 0.05) is 17.6 Å². The summed E-state index contributed by atoms with van der Waals surface area (Å²) in [6, 6.07) is 4.98. The predicted octanol–water partition coefficient (Wildman–Crippen LogP) is 3.39. The first-order valence-corrected chi connectivity index (χ1v) is 7.21. The Morgan fingerprint density at radius 1 is 1.33 bits per heavy atom. The molecule has 21 heavy (non-hydrogen) atoms. The second kappa shape index (κ2) is 5.83. The summed E-state index contributed by atoms with van der Waals surface area (Å²) in [6.45, 7) is 3.44. The number of nitrogens with zero attached hydrogens (tertiary/aromatic N) is 2. The van der Waals surface area contributed by atoms with Crippen LogP contribution in [0.4, 0.5) is 5.00 Å². The highest BCUT2D eigenvalue weighted by Gasteiger charge is 2.24. The number of aromatic nitrogens is 1. The van der Waals surface area contributed by atoms with Crippen LogP contribution >= 0.6 is 23.1 Å². The van der Waals surface area contributed by atoms with E-state index in [9.17, 15) is 14.7 Å². The third-order valence-electron chi connectivity index (χ3n) is 3.09. The monoisotopic (exact) mass is 324 g/mol. The van der Waals surface area contributed by atoms with Gasteiger partial charge in [-0.15, -0.1) is 0 Å². The number of carbonyl (C=O) groups is 2. The maximum absolute atomic E-state index is 12.4. The summed E-state index contributed by atoms with van der Waals surface area (Å²) in [5, 5.41) is 10.0. The molecule has 0 spiro atoms. The zero-order valence-corrected chi connectivity index (χ0v) is 13.2. The van der Waals surface area contributed by atoms with Gasteiger partial charge in [0.15, 0.2) is 0 Å². The Morgan fingerprint density at radius 3 is 2.57 bits per heavy atom. The lowest BCUT2D eigenvalue weighted by atomic mass is 10.1. The molecular weight excluding hydrogens is 312 g/mol. The van der Waals surface area contributed by atoms with Crippen molar-refractivity contribution in [3.05, 3.63) is 45.6 Å². The number of halogens is 1. The molecule has 1 amide bonds. The predicted molar refractivity (Wildman–Crippen MR) is 82.7 cm³/mol. The van der Waals surface area contributed by atoms with E-state index in [2.05, 4.69) is 4.37 Å². The van der Waals surface area contributed by atoms with Gasteiger partial charge in [0.2, 0.25) is 0 Å². The SMILES string of the molecule is Cc1ccc(C(=O)N(C)c2snc(C)c2C(=O)O)cc1Cl. The topological polar surface area (TPSA) is 70.5 Å². The summed E-state index contributed by atoms with van der Waals surface area (Å²) >= 11 is 7.00. The van der Waals surface area contributed by atoms with Gasteiger partial charge in [0.05, 0.1) is 5.69 Å². The molecule has 2 rings (SSSR count). The molecular formula is C14H13ClN2O3S. The van der Waals surface area contributed by atoms with Crippen molar-refractivity contribution < 1.29 is 14.7 Å². The lowest BCUT2D eigenvalue weighted by molar-refractivity contribution is 0.0697. The summed E-state index contributed by atoms with van der Waals surface area (Å²) in [5.74, 6) is -1.43. The highest BCUT2D eigenvalue weighted by molar-refractivity contribution is 7.11. The van der Waals surface area contributed by atoms with Crippen molar-refractivity contribution in [2.75, 3.05) is 11.9 Å². The number of aryl methyl sites for hydroxylation is 2. The van der Waals surface area contributed by atoms with Crippen LogP contribution in [0.1, 0.15) is 32.0 Å². The number of hydrogen-bond acceptors (Lipinski definition) is 4. The maximum atomic E-state index is 12.4. The Hall–Kier alpha value is -1.92. The number of benzene rings is 1. The Bertz CT molecular complexity index is 727. The molecule has 7 heteroatoms. The standard InChI is InChI=1S/C14H13ClN2O3S/c1-7-4-5-9(6-10(7)15)12(18)17(3)13-11(14(19)20)8(2)16-21-13/h4-6H,1-3H3,(H,19,20). The van der Waals surface area contributed by atoms with Gasteiger partial charge in [-0.25, -0.2) is 4.79 Å². The second-order valence-electron chi connectivity index (χ2n) is 4.58. The molecule has 0 fully saturated rings. The first-order valence-electron chi connectivity index (χ1n) is 6.06. The number of rotatable bonds is 3. The van der Waals surface area contributed by atoms with Crippen molar-refractivity contribution in [3.63, 3.8) is 0 Å². The Balaban J connectivity index is 2.40. The molecule has 0 atom stereocenters. The quantitative estimate of drug-likeness (QED) is 0.939. The first-order chi connectivity index (χ1) is 9.82. The van der Waals surface area contributed by atoms with E-state index < -0.39 is 5.97 Å². The summed E-state index contributed by atoms with van der Waals surface area (Å²) in [6.07, 6.45) is 0. The van der Waals surface area contributed by atoms with Gasteiger partial charge in [-0.2, -0.15) is 4.37 Å². The normalized spacial score (nSPS) is 10.5. The van der Waals surface area contributed by atoms with Crippen LogP contribution in [0.2, 0.25) is 5.02 Å². The first kappa shape index (κ1) is 15.5. The third-order valence-corrected chi connectivity index (χ3v) is 4.51. The van der Waals surface area contributed by atoms with Gasteiger partial charge in [-0.3, -0.25) is 4.79 Å². The van der Waals surface area contributed by atoms with Crippen LogP contribution in [0.25, 0.3) is 0 Å². The van der Waals surface area contributed by atoms with Crippen molar-refractivity contribution in [2.24, 2.45) is 0 Å². The molecule has 1 heterocycles. The van der Waals surface area contributed by atoms with Crippen molar-refractivity contribution in [2.45, 2.75) is 13.8 Å². The Kier molecular flexibility index (Phi) is 4.29. The van der Waals surface area contributed by atoms with Crippen LogP contribution in [0.5, 0.6) is 0 Å². The number of carboxylic acids is 1. The van der Waals surface area contributed by atoms with Gasteiger partial charge < -0.3 is 10.0 Å². The number of amides is 1. The molecule has 0 unspecified atom stereocenters. The highest BCUT2D eigenvalue weighted by Crippen LogP contribution is 2.29. The molecule has 0 aliphatic heterocycles. The van der Waals surface area contributed by atoms with E-state index >= 15 is 0 Å². The minimum absolute atomic E-state index is 0.0501. The molecule has 5 nitrogen and oxygen atoms in total. The minimum atomic E-state index is -1.10. The molecule has 0 bridgehead atoms. The Morgan fingerprint density at radius 2 is 2.00 bits per heavy atom. The summed E-state index contributed by atoms with van der Waals surface area (Å²) in [7, 11) is 1.52. The highest BCUT2D eigenvalue weighted by atomic mass is 35.5. The molecule has 0 saturated heterocycles. The fraction of sp³-hybridized carbons (Fsp3) is 0.214. The maximum Gasteiger partial charge on any atom is 0.340 e. The van der Waals surface area contributed by atoms with Crippen LogP contribution in [-0.2, 0) is 0 Å². The fourth-order valence-electron chi connectivity index (χ4n) is 1.84. The lowest BCUT2D eigenvalue weighted by Crippen LogP contribution is -2.27. The number of aromatic carboxylic acids is 1. The molecule has 0 saturated carbocycles. The van der Waals surface area contributed by atoms with Crippen molar-refractivity contribution in [1.29, 1.82) is 0 Å². The Labute approximate surface area is 130 Å². The largest absolute Gasteiger partial charge is 0.478 e. The number of anilines is 1. The van der Waals surface area contributed by atoms with Crippen LogP contribution in [0.3, 0.4) is 0 Å². The summed E-state index contributed by atoms with van der Waals surface area (Å²) in [5.41, 5.74) is 1.71. The van der Waals surface area contributed by atoms with Crippen LogP contribution < -0.4 is 4.90 Å². The van der Waals surface area contributed by atoms with Crippen LogP contribution in [0, 0.1) is 13.8 Å². The zero-order valence-electron chi connectivity index (χ0n) is 11.7. The molecule has 0 aliphatic rings. The molecule has 110 valence electrons. The van der Waals surface area contributed by atoms with Crippen LogP contribution in [0.15, 0.2) is 18.2 Å². The summed E-state index contributed by atoms with van der Waals surface area (Å²) in [4.78, 5) is 25.0. The average Bonchev–Trinajstić information content (AvgIpc) is 2.82. The van der Waals surface area contributed by atoms with E-state index in [0.29, 0.717) is 21.3 Å². The van der Waals surface area contributed by atoms with Crippen molar-refractivity contribution in [3.8, 4) is 0 Å². The van der Waals surface area contributed by atoms with E-state index in [-0.39, 0.29) is 11.5 Å². The molecule has 0 radical (unpaired) electrons. The average molecular weight is 325 g/mol. The molecule has 1 aromatic carbocycles. The molecule has 1 N–H and O–H groups in total. The lowest BCUT2D eigenvalue weighted by Gasteiger charge is -2.16. The number of hydrogen-bond donors (Lipinski definition) is 1. The summed E-state index contributed by atoms with van der Waals surface area (Å²) < 4.78 is 4.01. The van der Waals surface area contributed by atoms with E-state index in [0.717, 1.165) is 17.1 Å². The third kappa shape index (κ3) is 2.91. The van der Waals surface area contributed by atoms with Gasteiger partial charge in [0.25, 0.3) is 5.91 Å². The van der Waals surface area contributed by atoms with Crippen LogP contribution in [-0.4, -0.2) is 28.4 Å². The van der Waals surface area contributed by atoms with E-state index in [4.69, 9.17) is 11.6 Å². The van der Waals surface area contributed by atoms with Gasteiger partial charge in [-0.1, -0.05) is 17.7 Å². The van der Waals surface area contributed by atoms with Gasteiger partial charge in [0.1, 0.15) is 10.6 Å². The van der Waals surface area contributed by atoms with E-state index in [1.807, 2.05) is 6.92 Å². The van der Waals surface area contributed by atoms with Crippen molar-refractivity contribution in [1.82, 2.24) is 4.37 Å². The molecule has 0 aliphatic carbocycles. The second-order valence-corrected chi connectivity index (χ2v) is 5.74. The molecule has 1 aromatic heterocycles. The smallest absolute Gasteiger partial charge is 0.340 e. The number of carbonyl (C=O) groups excluding carboxylic acids is 1. The fourth-order valence-corrected chi connectivity index (χ4v) is 2.87. The van der Waals surface area contributed by atoms with Crippen molar-refractivity contribution >= 4 is 40.0 Å². The van der Waals surface area contributed by atoms with Gasteiger partial charge in [-0.05, 0) is 43.1 Å². The van der Waals surface area contributed by atoms with Gasteiger partial charge >= 0.3 is 5.97 Å². The minimum Gasteiger partial charge on any atom is -0.478 e. The van der Waals surface area contributed by atoms with E-state index in [1.54, 1.807) is 25.1 Å². The molecule has 2 aromatic rings. The zero-order chi connectivity index (χ0) is 15.7. The van der Waals surface area contributed by atoms with E-state index in [1.165, 1.54) is 11.9 Å².